The number of hydrogen-bond acceptors (Lipinski definition) is 4. The standard InChI is InChI=1S/C18H21N3O/c1-12-6-4-7-16-17(9-11-20-18(12)16)19-10-5-8-15-13(2)21-22-14(15)3/h4,6-7,9,11H,5,8,10H2,1-3H3,(H,19,20). The quantitative estimate of drug-likeness (QED) is 0.717. The molecule has 1 N–H and O–H groups in total. The van der Waals surface area contributed by atoms with Gasteiger partial charge in [-0.05, 0) is 45.2 Å². The van der Waals surface area contributed by atoms with Gasteiger partial charge in [-0.3, -0.25) is 4.98 Å². The lowest BCUT2D eigenvalue weighted by Crippen LogP contribution is -2.04. The summed E-state index contributed by atoms with van der Waals surface area (Å²) in [4.78, 5) is 4.47. The maximum absolute atomic E-state index is 5.20. The molecule has 0 aliphatic carbocycles. The maximum atomic E-state index is 5.20. The molecule has 0 atom stereocenters. The van der Waals surface area contributed by atoms with Crippen LogP contribution in [0.5, 0.6) is 0 Å². The van der Waals surface area contributed by atoms with Crippen molar-refractivity contribution in [3.8, 4) is 0 Å². The van der Waals surface area contributed by atoms with E-state index in [2.05, 4.69) is 40.6 Å². The fourth-order valence-corrected chi connectivity index (χ4v) is 2.82. The number of aryl methyl sites for hydroxylation is 3. The Kier molecular flexibility index (Phi) is 4.09. The molecule has 0 saturated carbocycles. The SMILES string of the molecule is Cc1noc(C)c1CCCNc1ccnc2c(C)cccc12. The lowest BCUT2D eigenvalue weighted by molar-refractivity contribution is 0.392. The van der Waals surface area contributed by atoms with Crippen molar-refractivity contribution in [2.75, 3.05) is 11.9 Å². The number of nitrogens with one attached hydrogen (secondary N) is 1. The Balaban J connectivity index is 1.66. The molecular weight excluding hydrogens is 274 g/mol. The van der Waals surface area contributed by atoms with Crippen LogP contribution < -0.4 is 5.32 Å². The second-order valence-corrected chi connectivity index (χ2v) is 5.66. The Labute approximate surface area is 130 Å². The summed E-state index contributed by atoms with van der Waals surface area (Å²) < 4.78 is 5.20. The Bertz CT molecular complexity index is 773. The van der Waals surface area contributed by atoms with Gasteiger partial charge in [0.05, 0.1) is 11.2 Å². The number of anilines is 1. The average Bonchev–Trinajstić information content (AvgIpc) is 2.84. The van der Waals surface area contributed by atoms with Crippen molar-refractivity contribution < 1.29 is 4.52 Å². The van der Waals surface area contributed by atoms with Crippen LogP contribution in [0.4, 0.5) is 5.69 Å². The van der Waals surface area contributed by atoms with Gasteiger partial charge in [0.2, 0.25) is 0 Å². The van der Waals surface area contributed by atoms with Crippen molar-refractivity contribution in [2.45, 2.75) is 33.6 Å². The van der Waals surface area contributed by atoms with Gasteiger partial charge in [-0.2, -0.15) is 0 Å². The Morgan fingerprint density at radius 3 is 2.77 bits per heavy atom. The minimum absolute atomic E-state index is 0.914. The second-order valence-electron chi connectivity index (χ2n) is 5.66. The van der Waals surface area contributed by atoms with Crippen molar-refractivity contribution in [3.05, 3.63) is 53.0 Å². The summed E-state index contributed by atoms with van der Waals surface area (Å²) in [7, 11) is 0. The van der Waals surface area contributed by atoms with Gasteiger partial charge < -0.3 is 9.84 Å². The van der Waals surface area contributed by atoms with E-state index in [4.69, 9.17) is 4.52 Å². The van der Waals surface area contributed by atoms with Gasteiger partial charge in [0.25, 0.3) is 0 Å². The molecule has 3 aromatic rings. The zero-order valence-corrected chi connectivity index (χ0v) is 13.3. The monoisotopic (exact) mass is 295 g/mol. The van der Waals surface area contributed by atoms with Crippen LogP contribution in [0.15, 0.2) is 35.0 Å². The minimum Gasteiger partial charge on any atom is -0.384 e. The van der Waals surface area contributed by atoms with Gasteiger partial charge in [-0.1, -0.05) is 23.4 Å². The molecular formula is C18H21N3O. The molecule has 0 bridgehead atoms. The van der Waals surface area contributed by atoms with Crippen molar-refractivity contribution in [1.29, 1.82) is 0 Å². The topological polar surface area (TPSA) is 51.0 Å². The third-order valence-electron chi connectivity index (χ3n) is 4.07. The van der Waals surface area contributed by atoms with Crippen LogP contribution in [0.25, 0.3) is 10.9 Å². The van der Waals surface area contributed by atoms with E-state index in [0.717, 1.165) is 42.0 Å². The number of benzene rings is 1. The number of nitrogens with zero attached hydrogens (tertiary/aromatic N) is 2. The molecule has 2 aromatic heterocycles. The zero-order valence-electron chi connectivity index (χ0n) is 13.3. The van der Waals surface area contributed by atoms with Gasteiger partial charge in [0, 0.05) is 29.4 Å². The van der Waals surface area contributed by atoms with Crippen LogP contribution >= 0.6 is 0 Å². The molecule has 0 radical (unpaired) electrons. The van der Waals surface area contributed by atoms with E-state index in [0.29, 0.717) is 0 Å². The highest BCUT2D eigenvalue weighted by molar-refractivity contribution is 5.92. The summed E-state index contributed by atoms with van der Waals surface area (Å²) >= 11 is 0. The van der Waals surface area contributed by atoms with E-state index in [1.807, 2.05) is 26.1 Å². The molecule has 2 heterocycles. The first kappa shape index (κ1) is 14.6. The number of fused-ring (bicyclic) bond motifs is 1. The Hall–Kier alpha value is -2.36. The van der Waals surface area contributed by atoms with Crippen molar-refractivity contribution in [3.63, 3.8) is 0 Å². The molecule has 1 aromatic carbocycles. The number of pyridine rings is 1. The average molecular weight is 295 g/mol. The van der Waals surface area contributed by atoms with Gasteiger partial charge in [0.15, 0.2) is 0 Å². The number of para-hydroxylation sites is 1. The first-order chi connectivity index (χ1) is 10.7. The van der Waals surface area contributed by atoms with E-state index in [-0.39, 0.29) is 0 Å². The van der Waals surface area contributed by atoms with Crippen LogP contribution in [-0.2, 0) is 6.42 Å². The highest BCUT2D eigenvalue weighted by atomic mass is 16.5. The molecule has 4 nitrogen and oxygen atoms in total. The van der Waals surface area contributed by atoms with Crippen LogP contribution in [0.2, 0.25) is 0 Å². The molecule has 0 amide bonds. The fraction of sp³-hybridized carbons (Fsp3) is 0.333. The number of hydrogen-bond donors (Lipinski definition) is 1. The first-order valence-electron chi connectivity index (χ1n) is 7.67. The van der Waals surface area contributed by atoms with Crippen LogP contribution in [0.1, 0.15) is 29.0 Å². The van der Waals surface area contributed by atoms with Crippen molar-refractivity contribution in [2.24, 2.45) is 0 Å². The van der Waals surface area contributed by atoms with Crippen molar-refractivity contribution in [1.82, 2.24) is 10.1 Å². The summed E-state index contributed by atoms with van der Waals surface area (Å²) in [6.07, 6.45) is 3.89. The predicted octanol–water partition coefficient (Wildman–Crippen LogP) is 4.19. The highest BCUT2D eigenvalue weighted by Crippen LogP contribution is 2.23. The van der Waals surface area contributed by atoms with Crippen LogP contribution in [0, 0.1) is 20.8 Å². The number of rotatable bonds is 5. The van der Waals surface area contributed by atoms with Gasteiger partial charge in [0.1, 0.15) is 5.76 Å². The molecule has 22 heavy (non-hydrogen) atoms. The molecule has 0 spiro atoms. The van der Waals surface area contributed by atoms with Gasteiger partial charge in [-0.25, -0.2) is 0 Å². The molecule has 114 valence electrons. The first-order valence-corrected chi connectivity index (χ1v) is 7.67. The van der Waals surface area contributed by atoms with E-state index in [1.165, 1.54) is 16.5 Å². The largest absolute Gasteiger partial charge is 0.384 e. The van der Waals surface area contributed by atoms with E-state index < -0.39 is 0 Å². The molecule has 3 rings (SSSR count). The summed E-state index contributed by atoms with van der Waals surface area (Å²) in [5.41, 5.74) is 5.65. The zero-order chi connectivity index (χ0) is 15.5. The second kappa shape index (κ2) is 6.18. The molecule has 0 unspecified atom stereocenters. The van der Waals surface area contributed by atoms with Crippen LogP contribution in [-0.4, -0.2) is 16.7 Å². The lowest BCUT2D eigenvalue weighted by atomic mass is 10.1. The normalized spacial score (nSPS) is 11.0. The lowest BCUT2D eigenvalue weighted by Gasteiger charge is -2.10. The molecule has 4 heteroatoms. The summed E-state index contributed by atoms with van der Waals surface area (Å²) in [6.45, 7) is 6.98. The summed E-state index contributed by atoms with van der Waals surface area (Å²) in [5, 5.41) is 8.71. The maximum Gasteiger partial charge on any atom is 0.137 e. The van der Waals surface area contributed by atoms with E-state index in [9.17, 15) is 0 Å². The fourth-order valence-electron chi connectivity index (χ4n) is 2.82. The third kappa shape index (κ3) is 2.82. The van der Waals surface area contributed by atoms with Crippen molar-refractivity contribution >= 4 is 16.6 Å². The molecule has 0 aliphatic rings. The predicted molar refractivity (Wildman–Crippen MR) is 89.3 cm³/mol. The Morgan fingerprint density at radius 1 is 1.14 bits per heavy atom. The molecule has 0 saturated heterocycles. The third-order valence-corrected chi connectivity index (χ3v) is 4.07. The van der Waals surface area contributed by atoms with Gasteiger partial charge >= 0.3 is 0 Å². The number of aromatic nitrogens is 2. The highest BCUT2D eigenvalue weighted by Gasteiger charge is 2.08. The van der Waals surface area contributed by atoms with Crippen LogP contribution in [0.3, 0.4) is 0 Å². The smallest absolute Gasteiger partial charge is 0.137 e. The van der Waals surface area contributed by atoms with E-state index in [1.54, 1.807) is 0 Å². The molecule has 0 aliphatic heterocycles. The van der Waals surface area contributed by atoms with Gasteiger partial charge in [-0.15, -0.1) is 0 Å². The summed E-state index contributed by atoms with van der Waals surface area (Å²) in [6, 6.07) is 8.33. The molecule has 0 fully saturated rings. The van der Waals surface area contributed by atoms with E-state index >= 15 is 0 Å². The summed E-state index contributed by atoms with van der Waals surface area (Å²) in [5.74, 6) is 0.933. The Morgan fingerprint density at radius 2 is 2.00 bits per heavy atom. The minimum atomic E-state index is 0.914.